The van der Waals surface area contributed by atoms with Crippen molar-refractivity contribution >= 4 is 34.7 Å². The number of piperazine rings is 1. The molecule has 9 nitrogen and oxygen atoms in total. The number of rotatable bonds is 6. The average Bonchev–Trinajstić information content (AvgIpc) is 2.91. The maximum absolute atomic E-state index is 15.2. The van der Waals surface area contributed by atoms with Crippen molar-refractivity contribution in [2.75, 3.05) is 44.5 Å². The number of fused-ring (bicyclic) bond motifs is 1. The molecule has 1 aliphatic rings. The number of methoxy groups -OCH3 is 2. The molecule has 2 heterocycles. The van der Waals surface area contributed by atoms with Gasteiger partial charge in [-0.3, -0.25) is 4.79 Å². The number of hydrogen-bond acceptors (Lipinski definition) is 8. The van der Waals surface area contributed by atoms with Crippen LogP contribution in [0, 0.1) is 17.1 Å². The second-order valence-corrected chi connectivity index (χ2v) is 8.34. The number of halogens is 1. The number of nitriles is 1. The third kappa shape index (κ3) is 4.73. The van der Waals surface area contributed by atoms with Gasteiger partial charge in [-0.05, 0) is 36.3 Å². The fraction of sp³-hybridized carbons (Fsp3) is 0.308. The Kier molecular flexibility index (Phi) is 7.20. The van der Waals surface area contributed by atoms with Crippen molar-refractivity contribution in [2.24, 2.45) is 0 Å². The van der Waals surface area contributed by atoms with Gasteiger partial charge in [0, 0.05) is 37.1 Å². The Morgan fingerprint density at radius 3 is 2.64 bits per heavy atom. The molecule has 0 radical (unpaired) electrons. The van der Waals surface area contributed by atoms with Crippen LogP contribution in [0.5, 0.6) is 11.5 Å². The predicted octanol–water partition coefficient (Wildman–Crippen LogP) is 3.38. The monoisotopic (exact) mass is 490 g/mol. The summed E-state index contributed by atoms with van der Waals surface area (Å²) in [6, 6.07) is 10.6. The largest absolute Gasteiger partial charge is 0.493 e. The van der Waals surface area contributed by atoms with E-state index in [0.717, 1.165) is 12.0 Å². The predicted molar refractivity (Wildman–Crippen MR) is 135 cm³/mol. The number of carbonyl (C=O) groups excluding carboxylic acids is 1. The van der Waals surface area contributed by atoms with Gasteiger partial charge in [0.15, 0.2) is 17.3 Å². The fourth-order valence-electron chi connectivity index (χ4n) is 4.28. The summed E-state index contributed by atoms with van der Waals surface area (Å²) in [5.74, 6) is -0.188. The topological polar surface area (TPSA) is 118 Å². The van der Waals surface area contributed by atoms with Crippen LogP contribution in [0.15, 0.2) is 36.4 Å². The first kappa shape index (κ1) is 24.7. The molecule has 0 saturated carbocycles. The molecule has 2 aromatic carbocycles. The van der Waals surface area contributed by atoms with Gasteiger partial charge >= 0.3 is 0 Å². The van der Waals surface area contributed by atoms with Gasteiger partial charge in [0.2, 0.25) is 11.9 Å². The number of nitrogen functional groups attached to an aromatic ring is 1. The molecule has 4 rings (SSSR count). The van der Waals surface area contributed by atoms with Crippen molar-refractivity contribution in [1.82, 2.24) is 14.9 Å². The van der Waals surface area contributed by atoms with Crippen LogP contribution in [0.4, 0.5) is 16.2 Å². The maximum atomic E-state index is 15.2. The third-order valence-corrected chi connectivity index (χ3v) is 6.27. The number of amides is 1. The average molecular weight is 491 g/mol. The second kappa shape index (κ2) is 10.5. The lowest BCUT2D eigenvalue weighted by Gasteiger charge is -2.41. The molecule has 1 fully saturated rings. The molecule has 0 bridgehead atoms. The molecule has 1 aliphatic heterocycles. The van der Waals surface area contributed by atoms with E-state index >= 15 is 4.39 Å². The Morgan fingerprint density at radius 1 is 1.25 bits per heavy atom. The van der Waals surface area contributed by atoms with Crippen LogP contribution >= 0.6 is 0 Å². The molecule has 1 amide bonds. The van der Waals surface area contributed by atoms with Crippen LogP contribution in [-0.4, -0.2) is 60.7 Å². The minimum absolute atomic E-state index is 0.0499. The maximum Gasteiger partial charge on any atom is 0.246 e. The number of ether oxygens (including phenoxy) is 2. The van der Waals surface area contributed by atoms with Gasteiger partial charge in [-0.1, -0.05) is 19.1 Å². The van der Waals surface area contributed by atoms with Crippen LogP contribution in [0.1, 0.15) is 24.5 Å². The highest BCUT2D eigenvalue weighted by Gasteiger charge is 2.30. The van der Waals surface area contributed by atoms with Crippen molar-refractivity contribution in [3.63, 3.8) is 0 Å². The zero-order valence-corrected chi connectivity index (χ0v) is 20.4. The van der Waals surface area contributed by atoms with Crippen molar-refractivity contribution in [3.05, 3.63) is 53.4 Å². The molecule has 1 atom stereocenters. The van der Waals surface area contributed by atoms with Gasteiger partial charge in [-0.2, -0.15) is 10.2 Å². The van der Waals surface area contributed by atoms with Crippen LogP contribution in [0.2, 0.25) is 0 Å². The minimum atomic E-state index is -0.669. The Morgan fingerprint density at radius 2 is 2.00 bits per heavy atom. The zero-order valence-electron chi connectivity index (χ0n) is 20.4. The molecule has 36 heavy (non-hydrogen) atoms. The van der Waals surface area contributed by atoms with E-state index in [1.54, 1.807) is 41.3 Å². The van der Waals surface area contributed by atoms with Crippen LogP contribution in [-0.2, 0) is 4.79 Å². The number of nitrogens with two attached hydrogens (primary N) is 1. The zero-order chi connectivity index (χ0) is 25.8. The summed E-state index contributed by atoms with van der Waals surface area (Å²) in [7, 11) is 2.78. The molecular weight excluding hydrogens is 463 g/mol. The highest BCUT2D eigenvalue weighted by Crippen LogP contribution is 2.38. The van der Waals surface area contributed by atoms with E-state index in [1.165, 1.54) is 20.3 Å². The first-order valence-corrected chi connectivity index (χ1v) is 11.5. The summed E-state index contributed by atoms with van der Waals surface area (Å²) < 4.78 is 25.6. The van der Waals surface area contributed by atoms with E-state index in [0.29, 0.717) is 36.5 Å². The van der Waals surface area contributed by atoms with E-state index in [4.69, 9.17) is 20.5 Å². The number of anilines is 2. The molecule has 1 aromatic heterocycles. The highest BCUT2D eigenvalue weighted by atomic mass is 19.1. The van der Waals surface area contributed by atoms with Crippen molar-refractivity contribution < 1.29 is 18.7 Å². The van der Waals surface area contributed by atoms with E-state index in [9.17, 15) is 4.79 Å². The van der Waals surface area contributed by atoms with Gasteiger partial charge in [0.25, 0.3) is 0 Å². The smallest absolute Gasteiger partial charge is 0.246 e. The first-order chi connectivity index (χ1) is 17.4. The second-order valence-electron chi connectivity index (χ2n) is 8.34. The molecule has 10 heteroatoms. The minimum Gasteiger partial charge on any atom is -0.493 e. The van der Waals surface area contributed by atoms with Gasteiger partial charge in [-0.15, -0.1) is 0 Å². The SMILES string of the molecule is CC[C@H]1CN(C(=O)/C=C/c2ccc(C#N)cc2)CCN1c1nc(N)c2cc(OC)c(OC)c(F)c2n1. The van der Waals surface area contributed by atoms with Gasteiger partial charge in [0.05, 0.1) is 25.9 Å². The molecule has 0 spiro atoms. The quantitative estimate of drug-likeness (QED) is 0.523. The summed E-state index contributed by atoms with van der Waals surface area (Å²) in [6.45, 7) is 3.39. The fourth-order valence-corrected chi connectivity index (χ4v) is 4.28. The molecule has 1 saturated heterocycles. The van der Waals surface area contributed by atoms with Crippen molar-refractivity contribution in [2.45, 2.75) is 19.4 Å². The Balaban J connectivity index is 1.55. The van der Waals surface area contributed by atoms with Crippen molar-refractivity contribution in [3.8, 4) is 17.6 Å². The third-order valence-electron chi connectivity index (χ3n) is 6.27. The standard InChI is InChI=1S/C26H27FN6O3/c1-4-18-15-32(21(34)10-9-16-5-7-17(14-28)8-6-16)11-12-33(18)26-30-23-19(25(29)31-26)13-20(35-2)24(36-3)22(23)27/h5-10,13,18H,4,11-12,15H2,1-3H3,(H2,29,30,31)/b10-9+/t18-/m0/s1. The van der Waals surface area contributed by atoms with E-state index < -0.39 is 5.82 Å². The number of aromatic nitrogens is 2. The number of hydrogen-bond donors (Lipinski definition) is 1. The number of carbonyl (C=O) groups is 1. The molecule has 0 unspecified atom stereocenters. The summed E-state index contributed by atoms with van der Waals surface area (Å²) in [5, 5.41) is 9.25. The van der Waals surface area contributed by atoms with Crippen LogP contribution < -0.4 is 20.1 Å². The lowest BCUT2D eigenvalue weighted by atomic mass is 10.1. The lowest BCUT2D eigenvalue weighted by Crippen LogP contribution is -2.55. The molecule has 186 valence electrons. The van der Waals surface area contributed by atoms with Gasteiger partial charge in [0.1, 0.15) is 11.3 Å². The Bertz CT molecular complexity index is 1350. The van der Waals surface area contributed by atoms with E-state index in [-0.39, 0.29) is 34.8 Å². The summed E-state index contributed by atoms with van der Waals surface area (Å²) in [6.07, 6.45) is 3.98. The number of benzene rings is 2. The lowest BCUT2D eigenvalue weighted by molar-refractivity contribution is -0.126. The molecular formula is C26H27FN6O3. The Hall–Kier alpha value is -4.39. The van der Waals surface area contributed by atoms with Gasteiger partial charge < -0.3 is 25.0 Å². The first-order valence-electron chi connectivity index (χ1n) is 11.5. The van der Waals surface area contributed by atoms with Crippen molar-refractivity contribution in [1.29, 1.82) is 5.26 Å². The van der Waals surface area contributed by atoms with E-state index in [1.807, 2.05) is 11.8 Å². The summed E-state index contributed by atoms with van der Waals surface area (Å²) >= 11 is 0. The molecule has 2 N–H and O–H groups in total. The summed E-state index contributed by atoms with van der Waals surface area (Å²) in [5.41, 5.74) is 7.64. The highest BCUT2D eigenvalue weighted by molar-refractivity contribution is 5.93. The number of nitrogens with zero attached hydrogens (tertiary/aromatic N) is 5. The van der Waals surface area contributed by atoms with E-state index in [2.05, 4.69) is 16.0 Å². The molecule has 3 aromatic rings. The Labute approximate surface area is 208 Å². The van der Waals surface area contributed by atoms with Crippen LogP contribution in [0.3, 0.4) is 0 Å². The van der Waals surface area contributed by atoms with Crippen LogP contribution in [0.25, 0.3) is 17.0 Å². The van der Waals surface area contributed by atoms with Gasteiger partial charge in [-0.25, -0.2) is 9.37 Å². The normalized spacial score (nSPS) is 15.8. The summed E-state index contributed by atoms with van der Waals surface area (Å²) in [4.78, 5) is 25.5. The molecule has 0 aliphatic carbocycles.